The first kappa shape index (κ1) is 13.0. The van der Waals surface area contributed by atoms with E-state index < -0.39 is 5.41 Å². The minimum absolute atomic E-state index is 0.172. The summed E-state index contributed by atoms with van der Waals surface area (Å²) in [6.45, 7) is 1.27. The van der Waals surface area contributed by atoms with Gasteiger partial charge in [-0.1, -0.05) is 17.4 Å². The zero-order valence-electron chi connectivity index (χ0n) is 9.85. The Balaban J connectivity index is 2.02. The molecule has 0 aromatic carbocycles. The van der Waals surface area contributed by atoms with Gasteiger partial charge in [-0.15, -0.1) is 0 Å². The van der Waals surface area contributed by atoms with Crippen LogP contribution in [0.1, 0.15) is 18.6 Å². The van der Waals surface area contributed by atoms with Gasteiger partial charge in [-0.05, 0) is 12.8 Å². The third-order valence-corrected chi connectivity index (χ3v) is 3.56. The summed E-state index contributed by atoms with van der Waals surface area (Å²) in [6.07, 6.45) is 2.56. The average Bonchev–Trinajstić information content (AvgIpc) is 2.89. The van der Waals surface area contributed by atoms with Gasteiger partial charge in [-0.3, -0.25) is 4.79 Å². The predicted molar refractivity (Wildman–Crippen MR) is 67.6 cm³/mol. The standard InChI is InChI=1S/C11H15N3O3S/c12-9(18)11(2-5-16-6-3-11)10(15)13-7-8-1-4-14-17-8/h1,4H,2-3,5-7H2,(H2,12,18)(H,13,15). The molecule has 1 saturated heterocycles. The van der Waals surface area contributed by atoms with Crippen molar-refractivity contribution >= 4 is 23.1 Å². The van der Waals surface area contributed by atoms with E-state index in [0.29, 0.717) is 31.8 Å². The van der Waals surface area contributed by atoms with Crippen molar-refractivity contribution in [3.8, 4) is 0 Å². The molecular weight excluding hydrogens is 254 g/mol. The molecule has 0 saturated carbocycles. The van der Waals surface area contributed by atoms with Crippen LogP contribution in [0.2, 0.25) is 0 Å². The second-order valence-electron chi connectivity index (χ2n) is 4.22. The maximum atomic E-state index is 12.3. The van der Waals surface area contributed by atoms with Gasteiger partial charge in [-0.2, -0.15) is 0 Å². The monoisotopic (exact) mass is 269 g/mol. The lowest BCUT2D eigenvalue weighted by atomic mass is 9.79. The molecule has 7 heteroatoms. The molecule has 0 aliphatic carbocycles. The molecule has 18 heavy (non-hydrogen) atoms. The zero-order chi connectivity index (χ0) is 13.0. The average molecular weight is 269 g/mol. The number of hydrogen-bond donors (Lipinski definition) is 2. The van der Waals surface area contributed by atoms with E-state index in [2.05, 4.69) is 10.5 Å². The van der Waals surface area contributed by atoms with Crippen LogP contribution in [0.4, 0.5) is 0 Å². The number of carbonyl (C=O) groups excluding carboxylic acids is 1. The molecule has 1 aromatic heterocycles. The van der Waals surface area contributed by atoms with E-state index >= 15 is 0 Å². The molecule has 1 aromatic rings. The highest BCUT2D eigenvalue weighted by atomic mass is 32.1. The van der Waals surface area contributed by atoms with Gasteiger partial charge in [0.25, 0.3) is 0 Å². The topological polar surface area (TPSA) is 90.4 Å². The number of amides is 1. The lowest BCUT2D eigenvalue weighted by Crippen LogP contribution is -2.51. The minimum atomic E-state index is -0.798. The molecule has 6 nitrogen and oxygen atoms in total. The molecule has 1 fully saturated rings. The van der Waals surface area contributed by atoms with Crippen molar-refractivity contribution in [1.29, 1.82) is 0 Å². The van der Waals surface area contributed by atoms with Crippen molar-refractivity contribution in [3.05, 3.63) is 18.0 Å². The summed E-state index contributed by atoms with van der Waals surface area (Å²) in [5, 5.41) is 6.35. The summed E-state index contributed by atoms with van der Waals surface area (Å²) < 4.78 is 10.2. The van der Waals surface area contributed by atoms with E-state index in [0.717, 1.165) is 0 Å². The normalized spacial score (nSPS) is 18.2. The molecule has 1 amide bonds. The van der Waals surface area contributed by atoms with Crippen molar-refractivity contribution in [3.63, 3.8) is 0 Å². The second kappa shape index (κ2) is 5.45. The van der Waals surface area contributed by atoms with Crippen molar-refractivity contribution < 1.29 is 14.1 Å². The predicted octanol–water partition coefficient (Wildman–Crippen LogP) is 0.374. The Bertz CT molecular complexity index is 427. The number of thiocarbonyl (C=S) groups is 1. The molecule has 1 aliphatic rings. The number of ether oxygens (including phenoxy) is 1. The number of rotatable bonds is 4. The molecule has 0 atom stereocenters. The van der Waals surface area contributed by atoms with Crippen molar-refractivity contribution in [2.24, 2.45) is 11.1 Å². The van der Waals surface area contributed by atoms with Gasteiger partial charge in [0.05, 0.1) is 17.7 Å². The Morgan fingerprint density at radius 2 is 2.28 bits per heavy atom. The Morgan fingerprint density at radius 1 is 1.56 bits per heavy atom. The Hall–Kier alpha value is -1.47. The first-order valence-electron chi connectivity index (χ1n) is 5.71. The van der Waals surface area contributed by atoms with E-state index in [4.69, 9.17) is 27.2 Å². The molecule has 2 rings (SSSR count). The Morgan fingerprint density at radius 3 is 2.83 bits per heavy atom. The highest BCUT2D eigenvalue weighted by Crippen LogP contribution is 2.31. The van der Waals surface area contributed by atoms with Crippen molar-refractivity contribution in [1.82, 2.24) is 10.5 Å². The third kappa shape index (κ3) is 2.51. The van der Waals surface area contributed by atoms with Crippen LogP contribution in [-0.4, -0.2) is 29.3 Å². The molecule has 3 N–H and O–H groups in total. The molecule has 0 radical (unpaired) electrons. The van der Waals surface area contributed by atoms with Crippen LogP contribution in [0.15, 0.2) is 16.8 Å². The summed E-state index contributed by atoms with van der Waals surface area (Å²) in [6, 6.07) is 1.69. The molecule has 0 bridgehead atoms. The lowest BCUT2D eigenvalue weighted by molar-refractivity contribution is -0.131. The first-order chi connectivity index (χ1) is 8.65. The zero-order valence-corrected chi connectivity index (χ0v) is 10.7. The number of nitrogens with one attached hydrogen (secondary N) is 1. The van der Waals surface area contributed by atoms with Crippen LogP contribution in [0, 0.1) is 5.41 Å². The van der Waals surface area contributed by atoms with Crippen LogP contribution >= 0.6 is 12.2 Å². The maximum Gasteiger partial charge on any atom is 0.233 e. The van der Waals surface area contributed by atoms with Crippen LogP contribution in [-0.2, 0) is 16.1 Å². The summed E-state index contributed by atoms with van der Waals surface area (Å²) in [7, 11) is 0. The number of nitrogens with two attached hydrogens (primary N) is 1. The molecular formula is C11H15N3O3S. The number of nitrogens with zero attached hydrogens (tertiary/aromatic N) is 1. The molecule has 98 valence electrons. The van der Waals surface area contributed by atoms with E-state index in [1.54, 1.807) is 6.07 Å². The smallest absolute Gasteiger partial charge is 0.233 e. The lowest BCUT2D eigenvalue weighted by Gasteiger charge is -2.34. The molecule has 0 spiro atoms. The SMILES string of the molecule is NC(=S)C1(C(=O)NCc2ccno2)CCOCC1. The molecule has 2 heterocycles. The van der Waals surface area contributed by atoms with E-state index in [9.17, 15) is 4.79 Å². The Labute approximate surface area is 110 Å². The van der Waals surface area contributed by atoms with Crippen LogP contribution in [0.3, 0.4) is 0 Å². The summed E-state index contributed by atoms with van der Waals surface area (Å²) >= 11 is 5.04. The van der Waals surface area contributed by atoms with Crippen LogP contribution in [0.25, 0.3) is 0 Å². The highest BCUT2D eigenvalue weighted by molar-refractivity contribution is 7.80. The first-order valence-corrected chi connectivity index (χ1v) is 6.11. The van der Waals surface area contributed by atoms with Gasteiger partial charge < -0.3 is 20.3 Å². The quantitative estimate of drug-likeness (QED) is 0.768. The van der Waals surface area contributed by atoms with E-state index in [1.807, 2.05) is 0 Å². The molecule has 1 aliphatic heterocycles. The fraction of sp³-hybridized carbons (Fsp3) is 0.545. The van der Waals surface area contributed by atoms with Crippen molar-refractivity contribution in [2.45, 2.75) is 19.4 Å². The third-order valence-electron chi connectivity index (χ3n) is 3.17. The fourth-order valence-electron chi connectivity index (χ4n) is 1.98. The van der Waals surface area contributed by atoms with E-state index in [-0.39, 0.29) is 17.4 Å². The number of hydrogen-bond acceptors (Lipinski definition) is 5. The fourth-order valence-corrected chi connectivity index (χ4v) is 2.27. The molecule has 0 unspecified atom stereocenters. The van der Waals surface area contributed by atoms with Gasteiger partial charge in [0.1, 0.15) is 5.41 Å². The van der Waals surface area contributed by atoms with Gasteiger partial charge in [-0.25, -0.2) is 0 Å². The van der Waals surface area contributed by atoms with Gasteiger partial charge >= 0.3 is 0 Å². The summed E-state index contributed by atoms with van der Waals surface area (Å²) in [4.78, 5) is 12.5. The largest absolute Gasteiger partial charge is 0.392 e. The maximum absolute atomic E-state index is 12.3. The van der Waals surface area contributed by atoms with Gasteiger partial charge in [0, 0.05) is 19.3 Å². The number of carbonyl (C=O) groups is 1. The Kier molecular flexibility index (Phi) is 3.93. The minimum Gasteiger partial charge on any atom is -0.392 e. The van der Waals surface area contributed by atoms with E-state index in [1.165, 1.54) is 6.20 Å². The number of aromatic nitrogens is 1. The van der Waals surface area contributed by atoms with Crippen LogP contribution < -0.4 is 11.1 Å². The van der Waals surface area contributed by atoms with Crippen LogP contribution in [0.5, 0.6) is 0 Å². The second-order valence-corrected chi connectivity index (χ2v) is 4.66. The van der Waals surface area contributed by atoms with Gasteiger partial charge in [0.15, 0.2) is 5.76 Å². The van der Waals surface area contributed by atoms with Gasteiger partial charge in [0.2, 0.25) is 5.91 Å². The van der Waals surface area contributed by atoms with Crippen molar-refractivity contribution in [2.75, 3.05) is 13.2 Å². The highest BCUT2D eigenvalue weighted by Gasteiger charge is 2.42. The summed E-state index contributed by atoms with van der Waals surface area (Å²) in [5.74, 6) is 0.420. The summed E-state index contributed by atoms with van der Waals surface area (Å²) in [5.41, 5.74) is 4.93.